The molecule has 12 heteroatoms. The molecule has 6 rings (SSSR count). The van der Waals surface area contributed by atoms with Gasteiger partial charge in [-0.3, -0.25) is 19.2 Å². The van der Waals surface area contributed by atoms with E-state index in [0.29, 0.717) is 52.9 Å². The van der Waals surface area contributed by atoms with Gasteiger partial charge in [0.1, 0.15) is 23.7 Å². The van der Waals surface area contributed by atoms with Gasteiger partial charge in [0.15, 0.2) is 11.6 Å². The number of amides is 1. The summed E-state index contributed by atoms with van der Waals surface area (Å²) in [4.78, 5) is 64.9. The molecule has 1 saturated heterocycles. The Bertz CT molecular complexity index is 1740. The zero-order chi connectivity index (χ0) is 36.7. The molecule has 2 aromatic rings. The molecule has 4 fully saturated rings. The van der Waals surface area contributed by atoms with Crippen molar-refractivity contribution in [2.24, 2.45) is 45.2 Å². The third-order valence-corrected chi connectivity index (χ3v) is 11.4. The van der Waals surface area contributed by atoms with E-state index in [1.54, 1.807) is 31.4 Å². The van der Waals surface area contributed by atoms with Crippen LogP contribution in [0.15, 0.2) is 41.5 Å². The molecule has 3 aliphatic carbocycles. The summed E-state index contributed by atoms with van der Waals surface area (Å²) in [6, 6.07) is 6.16. The van der Waals surface area contributed by atoms with Gasteiger partial charge in [-0.2, -0.15) is 0 Å². The second-order valence-electron chi connectivity index (χ2n) is 15.9. The molecule has 1 aromatic carbocycles. The van der Waals surface area contributed by atoms with E-state index in [-0.39, 0.29) is 49.5 Å². The Labute approximate surface area is 298 Å². The molecule has 3 unspecified atom stereocenters. The molecule has 1 amide bonds. The minimum absolute atomic E-state index is 0.0780. The number of ether oxygens (including phenoxy) is 3. The highest BCUT2D eigenvalue weighted by Crippen LogP contribution is 2.58. The number of carbonyl (C=O) groups excluding carboxylic acids is 3. The van der Waals surface area contributed by atoms with Gasteiger partial charge < -0.3 is 30.0 Å². The number of ketones is 1. The highest BCUT2D eigenvalue weighted by Gasteiger charge is 2.61. The van der Waals surface area contributed by atoms with E-state index in [2.05, 4.69) is 9.98 Å². The van der Waals surface area contributed by atoms with Crippen molar-refractivity contribution in [3.05, 3.63) is 36.5 Å². The number of allylic oxidation sites excluding steroid dienone is 1. The van der Waals surface area contributed by atoms with Gasteiger partial charge in [0.05, 0.1) is 43.0 Å². The van der Waals surface area contributed by atoms with Crippen LogP contribution in [0.4, 0.5) is 5.82 Å². The van der Waals surface area contributed by atoms with Crippen molar-refractivity contribution in [2.75, 3.05) is 13.7 Å². The van der Waals surface area contributed by atoms with Crippen LogP contribution in [0.5, 0.6) is 11.5 Å². The number of carboxylic acids is 1. The van der Waals surface area contributed by atoms with Gasteiger partial charge in [-0.05, 0) is 73.3 Å². The second-order valence-corrected chi connectivity index (χ2v) is 15.9. The minimum Gasteiger partial charge on any atom is -0.497 e. The fourth-order valence-corrected chi connectivity index (χ4v) is 8.25. The van der Waals surface area contributed by atoms with Crippen LogP contribution in [0.2, 0.25) is 0 Å². The molecule has 0 radical (unpaired) electrons. The summed E-state index contributed by atoms with van der Waals surface area (Å²) < 4.78 is 17.9. The van der Waals surface area contributed by atoms with Crippen molar-refractivity contribution in [1.29, 1.82) is 0 Å². The molecule has 3 saturated carbocycles. The number of aliphatic imine (C=N–C) groups is 1. The first-order valence-corrected chi connectivity index (χ1v) is 18.1. The number of hydrogen-bond acceptors (Lipinski definition) is 10. The summed E-state index contributed by atoms with van der Waals surface area (Å²) >= 11 is 0. The van der Waals surface area contributed by atoms with E-state index in [9.17, 15) is 24.3 Å². The molecule has 2 heterocycles. The van der Waals surface area contributed by atoms with Gasteiger partial charge in [0.25, 0.3) is 0 Å². The highest BCUT2D eigenvalue weighted by molar-refractivity contribution is 5.95. The zero-order valence-electron chi connectivity index (χ0n) is 30.2. The van der Waals surface area contributed by atoms with E-state index in [4.69, 9.17) is 19.9 Å². The van der Waals surface area contributed by atoms with Crippen molar-refractivity contribution in [2.45, 2.75) is 97.3 Å². The molecule has 1 aliphatic heterocycles. The number of likely N-dealkylation sites (tertiary alicyclic amines) is 1. The first-order valence-electron chi connectivity index (χ1n) is 18.1. The minimum atomic E-state index is -1.13. The number of pyridine rings is 1. The Kier molecular flexibility index (Phi) is 10.2. The summed E-state index contributed by atoms with van der Waals surface area (Å²) in [7, 11) is 1.56. The van der Waals surface area contributed by atoms with Crippen LogP contribution >= 0.6 is 0 Å². The van der Waals surface area contributed by atoms with Crippen molar-refractivity contribution in [1.82, 2.24) is 9.88 Å². The normalized spacial score (nSPS) is 28.9. The maximum atomic E-state index is 14.6. The fourth-order valence-electron chi connectivity index (χ4n) is 8.25. The molecule has 51 heavy (non-hydrogen) atoms. The van der Waals surface area contributed by atoms with Crippen molar-refractivity contribution in [3.63, 3.8) is 0 Å². The lowest BCUT2D eigenvalue weighted by molar-refractivity contribution is -0.157. The zero-order valence-corrected chi connectivity index (χ0v) is 30.2. The number of hydrogen-bond donors (Lipinski definition) is 2. The molecular formula is C39H50N4O8. The topological polar surface area (TPSA) is 171 Å². The SMILES string of the molecule is CCC1C[C@]1(CC(=O)[C@@H]1CC(Oc2cc(N=CC=CN)nc3cc(OC)ccc23)CN1C(=O)[C@@H](CC(=O)OC1C[C@@H]2C[C@@H]2C1)C(C)(C)C)C(=O)O. The molecule has 0 bridgehead atoms. The Balaban J connectivity index is 1.28. The summed E-state index contributed by atoms with van der Waals surface area (Å²) in [6.07, 6.45) is 7.65. The number of methoxy groups -OCH3 is 1. The summed E-state index contributed by atoms with van der Waals surface area (Å²) in [5.41, 5.74) is 4.29. The molecule has 274 valence electrons. The number of benzene rings is 1. The average Bonchev–Trinajstić information content (AvgIpc) is 3.89. The lowest BCUT2D eigenvalue weighted by Gasteiger charge is -2.35. The molecule has 4 aliphatic rings. The molecule has 0 spiro atoms. The largest absolute Gasteiger partial charge is 0.497 e. The van der Waals surface area contributed by atoms with Crippen LogP contribution < -0.4 is 15.2 Å². The van der Waals surface area contributed by atoms with E-state index in [0.717, 1.165) is 12.8 Å². The predicted molar refractivity (Wildman–Crippen MR) is 191 cm³/mol. The summed E-state index contributed by atoms with van der Waals surface area (Å²) in [5, 5.41) is 10.8. The number of fused-ring (bicyclic) bond motifs is 2. The van der Waals surface area contributed by atoms with Crippen LogP contribution in [-0.4, -0.2) is 76.7 Å². The van der Waals surface area contributed by atoms with Crippen LogP contribution in [0, 0.1) is 34.5 Å². The maximum Gasteiger partial charge on any atom is 0.310 e. The fraction of sp³-hybridized carbons (Fsp3) is 0.590. The van der Waals surface area contributed by atoms with Gasteiger partial charge in [-0.1, -0.05) is 34.1 Å². The first-order chi connectivity index (χ1) is 24.3. The monoisotopic (exact) mass is 702 g/mol. The van der Waals surface area contributed by atoms with Gasteiger partial charge in [0.2, 0.25) is 5.91 Å². The number of Topliss-reactive ketones (excluding diaryl/α,β-unsaturated/α-hetero) is 1. The second kappa shape index (κ2) is 14.3. The van der Waals surface area contributed by atoms with Crippen LogP contribution in [0.25, 0.3) is 10.9 Å². The van der Waals surface area contributed by atoms with Crippen molar-refractivity contribution < 1.29 is 38.5 Å². The number of rotatable bonds is 14. The number of carboxylic acid groups (broad SMARTS) is 1. The van der Waals surface area contributed by atoms with Gasteiger partial charge >= 0.3 is 11.9 Å². The lowest BCUT2D eigenvalue weighted by atomic mass is 9.77. The number of nitrogens with two attached hydrogens (primary N) is 1. The standard InChI is InChI=1S/C39H50N4O8/c1-6-24-19-39(24,37(47)48)20-32(44)31-16-27(50-33-18-34(41-11-7-10-40)42-30-15-25(49-5)8-9-28(30)33)21-43(31)36(46)29(38(2,3)4)17-35(45)51-26-13-22-12-23(22)14-26/h7-11,15,18,22-24,26-27,29,31H,6,12-14,16-17,19-21,40H2,1-5H3,(H,47,48)/t22-,23+,24?,26?,27?,29-,31+,39-/m1/s1. The van der Waals surface area contributed by atoms with Gasteiger partial charge in [0, 0.05) is 36.6 Å². The van der Waals surface area contributed by atoms with Crippen LogP contribution in [0.1, 0.15) is 79.1 Å². The van der Waals surface area contributed by atoms with E-state index >= 15 is 0 Å². The quantitative estimate of drug-likeness (QED) is 0.186. The number of esters is 1. The highest BCUT2D eigenvalue weighted by atomic mass is 16.5. The third-order valence-electron chi connectivity index (χ3n) is 11.4. The summed E-state index contributed by atoms with van der Waals surface area (Å²) in [5.74, 6) is -0.192. The molecular weight excluding hydrogens is 652 g/mol. The van der Waals surface area contributed by atoms with E-state index < -0.39 is 40.8 Å². The molecule has 12 nitrogen and oxygen atoms in total. The Hall–Kier alpha value is -4.48. The molecule has 8 atom stereocenters. The van der Waals surface area contributed by atoms with Crippen molar-refractivity contribution in [3.8, 4) is 11.5 Å². The molecule has 1 aromatic heterocycles. The first kappa shape index (κ1) is 36.3. The van der Waals surface area contributed by atoms with Crippen molar-refractivity contribution >= 4 is 46.6 Å². The Morgan fingerprint density at radius 2 is 1.86 bits per heavy atom. The number of aliphatic carboxylic acids is 1. The van der Waals surface area contributed by atoms with Gasteiger partial charge in [-0.25, -0.2) is 9.98 Å². The molecule has 3 N–H and O–H groups in total. The average molecular weight is 703 g/mol. The maximum absolute atomic E-state index is 14.6. The summed E-state index contributed by atoms with van der Waals surface area (Å²) in [6.45, 7) is 7.72. The van der Waals surface area contributed by atoms with Gasteiger partial charge in [-0.15, -0.1) is 0 Å². The number of aromatic nitrogens is 1. The van der Waals surface area contributed by atoms with Crippen LogP contribution in [0.3, 0.4) is 0 Å². The predicted octanol–water partition coefficient (Wildman–Crippen LogP) is 5.62. The Morgan fingerprint density at radius 1 is 1.12 bits per heavy atom. The number of carbonyl (C=O) groups is 4. The Morgan fingerprint density at radius 3 is 2.49 bits per heavy atom. The van der Waals surface area contributed by atoms with Crippen LogP contribution in [-0.2, 0) is 23.9 Å². The van der Waals surface area contributed by atoms with E-state index in [1.807, 2.05) is 33.8 Å². The lowest BCUT2D eigenvalue weighted by Crippen LogP contribution is -2.48. The third kappa shape index (κ3) is 7.74. The van der Waals surface area contributed by atoms with E-state index in [1.165, 1.54) is 23.7 Å². The smallest absolute Gasteiger partial charge is 0.310 e. The number of nitrogens with zero attached hydrogens (tertiary/aromatic N) is 3.